The Morgan fingerprint density at radius 3 is 2.74 bits per heavy atom. The molecule has 4 amide bonds. The lowest BCUT2D eigenvalue weighted by Crippen LogP contribution is -2.44. The summed E-state index contributed by atoms with van der Waals surface area (Å²) >= 11 is 0. The highest BCUT2D eigenvalue weighted by atomic mass is 19.1. The molecule has 0 unspecified atom stereocenters. The third-order valence-corrected chi connectivity index (χ3v) is 2.63. The third kappa shape index (κ3) is 3.27. The second-order valence-electron chi connectivity index (χ2n) is 4.07. The summed E-state index contributed by atoms with van der Waals surface area (Å²) in [6.07, 6.45) is 0.251. The molecule has 0 atom stereocenters. The van der Waals surface area contributed by atoms with Crippen molar-refractivity contribution in [3.05, 3.63) is 35.6 Å². The van der Waals surface area contributed by atoms with Crippen molar-refractivity contribution in [2.75, 3.05) is 6.54 Å². The van der Waals surface area contributed by atoms with Crippen LogP contribution in [0.3, 0.4) is 0 Å². The number of rotatable bonds is 4. The topological polar surface area (TPSA) is 78.5 Å². The number of carbonyl (C=O) groups excluding carboxylic acids is 3. The molecule has 0 aliphatic carbocycles. The molecule has 19 heavy (non-hydrogen) atoms. The molecule has 2 rings (SSSR count). The number of hydrazine groups is 1. The molecule has 0 bridgehead atoms. The van der Waals surface area contributed by atoms with Crippen LogP contribution in [0, 0.1) is 5.82 Å². The van der Waals surface area contributed by atoms with Gasteiger partial charge in [0, 0.05) is 6.42 Å². The summed E-state index contributed by atoms with van der Waals surface area (Å²) < 4.78 is 13.3. The monoisotopic (exact) mass is 265 g/mol. The number of imide groups is 1. The number of halogens is 1. The predicted octanol–water partition coefficient (Wildman–Crippen LogP) is 0.341. The largest absolute Gasteiger partial charge is 0.343 e. The first-order valence-corrected chi connectivity index (χ1v) is 5.70. The van der Waals surface area contributed by atoms with Crippen molar-refractivity contribution in [1.82, 2.24) is 15.8 Å². The van der Waals surface area contributed by atoms with Crippen molar-refractivity contribution >= 4 is 17.8 Å². The lowest BCUT2D eigenvalue weighted by atomic mass is 10.1. The summed E-state index contributed by atoms with van der Waals surface area (Å²) in [4.78, 5) is 33.6. The number of urea groups is 1. The minimum atomic E-state index is -0.663. The van der Waals surface area contributed by atoms with Crippen molar-refractivity contribution in [2.45, 2.75) is 12.8 Å². The van der Waals surface area contributed by atoms with Crippen LogP contribution in [0.15, 0.2) is 24.3 Å². The van der Waals surface area contributed by atoms with Crippen LogP contribution in [0.5, 0.6) is 0 Å². The SMILES string of the molecule is O=C1CN(NC(=O)CCc2ccccc2F)C(=O)N1. The van der Waals surface area contributed by atoms with Crippen LogP contribution in [0.1, 0.15) is 12.0 Å². The molecule has 0 aromatic heterocycles. The molecule has 100 valence electrons. The Morgan fingerprint density at radius 1 is 1.37 bits per heavy atom. The van der Waals surface area contributed by atoms with E-state index < -0.39 is 17.8 Å². The number of amides is 4. The Morgan fingerprint density at radius 2 is 2.11 bits per heavy atom. The molecule has 1 aromatic rings. The summed E-state index contributed by atoms with van der Waals surface area (Å²) in [6, 6.07) is 5.50. The maximum Gasteiger partial charge on any atom is 0.343 e. The highest BCUT2D eigenvalue weighted by Crippen LogP contribution is 2.08. The van der Waals surface area contributed by atoms with Gasteiger partial charge in [0.15, 0.2) is 0 Å². The molecule has 2 N–H and O–H groups in total. The van der Waals surface area contributed by atoms with Gasteiger partial charge in [0.2, 0.25) is 11.8 Å². The van der Waals surface area contributed by atoms with Gasteiger partial charge in [-0.05, 0) is 18.1 Å². The normalized spacial score (nSPS) is 14.5. The van der Waals surface area contributed by atoms with Crippen LogP contribution < -0.4 is 10.7 Å². The minimum Gasteiger partial charge on any atom is -0.275 e. The third-order valence-electron chi connectivity index (χ3n) is 2.63. The number of aryl methyl sites for hydroxylation is 1. The second-order valence-corrected chi connectivity index (χ2v) is 4.07. The number of hydrogen-bond acceptors (Lipinski definition) is 3. The van der Waals surface area contributed by atoms with Gasteiger partial charge in [-0.15, -0.1) is 0 Å². The zero-order valence-electron chi connectivity index (χ0n) is 9.98. The summed E-state index contributed by atoms with van der Waals surface area (Å²) in [6.45, 7) is -0.204. The number of carbonyl (C=O) groups is 3. The lowest BCUT2D eigenvalue weighted by Gasteiger charge is -2.14. The van der Waals surface area contributed by atoms with Gasteiger partial charge in [0.25, 0.3) is 0 Å². The quantitative estimate of drug-likeness (QED) is 0.771. The van der Waals surface area contributed by atoms with Gasteiger partial charge in [-0.1, -0.05) is 18.2 Å². The van der Waals surface area contributed by atoms with Crippen LogP contribution >= 0.6 is 0 Å². The Hall–Kier alpha value is -2.44. The summed E-state index contributed by atoms with van der Waals surface area (Å²) in [7, 11) is 0. The molecular formula is C12H12FN3O3. The highest BCUT2D eigenvalue weighted by molar-refractivity contribution is 6.02. The Kier molecular flexibility index (Phi) is 3.74. The van der Waals surface area contributed by atoms with Crippen molar-refractivity contribution < 1.29 is 18.8 Å². The Labute approximate surface area is 108 Å². The average Bonchev–Trinajstić information content (AvgIpc) is 2.67. The van der Waals surface area contributed by atoms with E-state index in [9.17, 15) is 18.8 Å². The van der Waals surface area contributed by atoms with Crippen LogP contribution in [-0.4, -0.2) is 29.4 Å². The van der Waals surface area contributed by atoms with E-state index in [0.29, 0.717) is 5.56 Å². The Bertz CT molecular complexity index is 533. The van der Waals surface area contributed by atoms with E-state index in [4.69, 9.17) is 0 Å². The van der Waals surface area contributed by atoms with Crippen LogP contribution in [0.25, 0.3) is 0 Å². The Balaban J connectivity index is 1.84. The van der Waals surface area contributed by atoms with E-state index in [0.717, 1.165) is 5.01 Å². The van der Waals surface area contributed by atoms with E-state index in [1.165, 1.54) is 6.07 Å². The molecular weight excluding hydrogens is 253 g/mol. The first-order valence-electron chi connectivity index (χ1n) is 5.70. The molecule has 0 spiro atoms. The maximum atomic E-state index is 13.3. The average molecular weight is 265 g/mol. The summed E-state index contributed by atoms with van der Waals surface area (Å²) in [5, 5.41) is 2.92. The molecule has 1 aromatic carbocycles. The molecule has 1 aliphatic rings. The van der Waals surface area contributed by atoms with Crippen molar-refractivity contribution in [2.24, 2.45) is 0 Å². The second kappa shape index (κ2) is 5.47. The first kappa shape index (κ1) is 13.0. The smallest absolute Gasteiger partial charge is 0.275 e. The van der Waals surface area contributed by atoms with Crippen LogP contribution in [-0.2, 0) is 16.0 Å². The molecule has 1 saturated heterocycles. The molecule has 1 fully saturated rings. The first-order chi connectivity index (χ1) is 9.06. The van der Waals surface area contributed by atoms with Gasteiger partial charge in [-0.25, -0.2) is 14.2 Å². The van der Waals surface area contributed by atoms with E-state index in [1.807, 2.05) is 5.32 Å². The van der Waals surface area contributed by atoms with Crippen LogP contribution in [0.2, 0.25) is 0 Å². The van der Waals surface area contributed by atoms with Crippen LogP contribution in [0.4, 0.5) is 9.18 Å². The molecule has 0 radical (unpaired) electrons. The number of benzene rings is 1. The fraction of sp³-hybridized carbons (Fsp3) is 0.250. The lowest BCUT2D eigenvalue weighted by molar-refractivity contribution is -0.125. The zero-order chi connectivity index (χ0) is 13.8. The van der Waals surface area contributed by atoms with E-state index in [-0.39, 0.29) is 25.2 Å². The molecule has 1 heterocycles. The molecule has 1 aliphatic heterocycles. The fourth-order valence-electron chi connectivity index (χ4n) is 1.69. The number of nitrogens with one attached hydrogen (secondary N) is 2. The summed E-state index contributed by atoms with van der Waals surface area (Å²) in [5.41, 5.74) is 2.72. The maximum absolute atomic E-state index is 13.3. The van der Waals surface area contributed by atoms with E-state index >= 15 is 0 Å². The van der Waals surface area contributed by atoms with Gasteiger partial charge < -0.3 is 0 Å². The molecule has 6 nitrogen and oxygen atoms in total. The van der Waals surface area contributed by atoms with Gasteiger partial charge in [0.05, 0.1) is 0 Å². The van der Waals surface area contributed by atoms with Gasteiger partial charge >= 0.3 is 6.03 Å². The predicted molar refractivity (Wildman–Crippen MR) is 63.1 cm³/mol. The number of hydrogen-bond donors (Lipinski definition) is 2. The van der Waals surface area contributed by atoms with E-state index in [1.54, 1.807) is 18.2 Å². The zero-order valence-corrected chi connectivity index (χ0v) is 9.98. The standard InChI is InChI=1S/C12H12FN3O3/c13-9-4-2-1-3-8(9)5-6-10(17)15-16-7-11(18)14-12(16)19/h1-4H,5-7H2,(H,15,17)(H,14,18,19). The molecule has 0 saturated carbocycles. The van der Waals surface area contributed by atoms with Crippen molar-refractivity contribution in [3.8, 4) is 0 Å². The van der Waals surface area contributed by atoms with Gasteiger partial charge in [-0.2, -0.15) is 0 Å². The van der Waals surface area contributed by atoms with Gasteiger partial charge in [-0.3, -0.25) is 20.3 Å². The number of nitrogens with zero attached hydrogens (tertiary/aromatic N) is 1. The fourth-order valence-corrected chi connectivity index (χ4v) is 1.69. The van der Waals surface area contributed by atoms with Crippen molar-refractivity contribution in [3.63, 3.8) is 0 Å². The highest BCUT2D eigenvalue weighted by Gasteiger charge is 2.27. The molecule has 7 heteroatoms. The van der Waals surface area contributed by atoms with Gasteiger partial charge in [0.1, 0.15) is 12.4 Å². The van der Waals surface area contributed by atoms with E-state index in [2.05, 4.69) is 5.43 Å². The summed E-state index contributed by atoms with van der Waals surface area (Å²) in [5.74, 6) is -1.29. The minimum absolute atomic E-state index is 0.0267. The van der Waals surface area contributed by atoms with Crippen molar-refractivity contribution in [1.29, 1.82) is 0 Å².